The fourth-order valence-corrected chi connectivity index (χ4v) is 6.80. The van der Waals surface area contributed by atoms with Crippen LogP contribution in [-0.2, 0) is 10.2 Å². The van der Waals surface area contributed by atoms with Crippen LogP contribution in [-0.4, -0.2) is 34.5 Å². The van der Waals surface area contributed by atoms with Crippen LogP contribution in [0.15, 0.2) is 103 Å². The lowest BCUT2D eigenvalue weighted by atomic mass is 9.64. The van der Waals surface area contributed by atoms with E-state index in [0.29, 0.717) is 27.4 Å². The summed E-state index contributed by atoms with van der Waals surface area (Å²) in [6.07, 6.45) is 6.97. The van der Waals surface area contributed by atoms with E-state index in [1.165, 1.54) is 0 Å². The number of amides is 1. The van der Waals surface area contributed by atoms with Crippen molar-refractivity contribution in [1.82, 2.24) is 4.98 Å². The number of ketones is 2. The van der Waals surface area contributed by atoms with Gasteiger partial charge in [-0.15, -0.1) is 0 Å². The Morgan fingerprint density at radius 3 is 2.38 bits per heavy atom. The second-order valence-electron chi connectivity index (χ2n) is 10.0. The fraction of sp³-hybridized carbons (Fsp3) is 0.125. The van der Waals surface area contributed by atoms with E-state index in [1.807, 2.05) is 59.5 Å². The maximum atomic E-state index is 14.6. The summed E-state index contributed by atoms with van der Waals surface area (Å²) in [6, 6.07) is 23.6. The number of Topliss-reactive ketones (excluding diaryl/α,β-unsaturated/α-hetero) is 2. The van der Waals surface area contributed by atoms with Crippen molar-refractivity contribution in [2.45, 2.75) is 17.5 Å². The minimum atomic E-state index is -1.35. The molecule has 190 valence electrons. The van der Waals surface area contributed by atoms with Gasteiger partial charge in [0.25, 0.3) is 0 Å². The molecule has 4 heterocycles. The summed E-state index contributed by atoms with van der Waals surface area (Å²) in [6.45, 7) is 0. The molecule has 3 aromatic carbocycles. The topological polar surface area (TPSA) is 79.4 Å². The molecule has 6 nitrogen and oxygen atoms in total. The molecule has 1 N–H and O–H groups in total. The molecule has 0 unspecified atom stereocenters. The van der Waals surface area contributed by atoms with E-state index in [9.17, 15) is 14.4 Å². The molecule has 1 spiro atoms. The molecule has 0 bridgehead atoms. The smallest absolute Gasteiger partial charge is 0.238 e. The number of carbonyl (C=O) groups is 3. The van der Waals surface area contributed by atoms with E-state index in [2.05, 4.69) is 10.3 Å². The predicted molar refractivity (Wildman–Crippen MR) is 150 cm³/mol. The average molecular weight is 532 g/mol. The monoisotopic (exact) mass is 531 g/mol. The lowest BCUT2D eigenvalue weighted by Gasteiger charge is -2.37. The van der Waals surface area contributed by atoms with Crippen molar-refractivity contribution in [3.63, 3.8) is 0 Å². The Kier molecular flexibility index (Phi) is 5.28. The van der Waals surface area contributed by atoms with Crippen LogP contribution in [0.5, 0.6) is 0 Å². The van der Waals surface area contributed by atoms with Crippen molar-refractivity contribution < 1.29 is 14.4 Å². The highest BCUT2D eigenvalue weighted by Crippen LogP contribution is 2.58. The molecule has 1 saturated heterocycles. The van der Waals surface area contributed by atoms with Gasteiger partial charge in [-0.05, 0) is 47.5 Å². The molecule has 7 heteroatoms. The quantitative estimate of drug-likeness (QED) is 0.347. The number of fused-ring (bicyclic) bond motifs is 6. The van der Waals surface area contributed by atoms with Crippen LogP contribution < -0.4 is 10.2 Å². The second kappa shape index (κ2) is 8.75. The predicted octanol–water partition coefficient (Wildman–Crippen LogP) is 5.59. The van der Waals surface area contributed by atoms with Gasteiger partial charge in [0.1, 0.15) is 11.5 Å². The number of aromatic nitrogens is 1. The number of rotatable bonds is 4. The van der Waals surface area contributed by atoms with Gasteiger partial charge < -0.3 is 10.2 Å². The molecule has 3 aliphatic rings. The van der Waals surface area contributed by atoms with Crippen molar-refractivity contribution in [1.29, 1.82) is 0 Å². The van der Waals surface area contributed by atoms with Crippen LogP contribution >= 0.6 is 11.6 Å². The molecule has 7 rings (SSSR count). The Balaban J connectivity index is 1.55. The lowest BCUT2D eigenvalue weighted by Crippen LogP contribution is -2.51. The number of nitrogens with zero attached hydrogens (tertiary/aromatic N) is 2. The van der Waals surface area contributed by atoms with Crippen LogP contribution in [0.2, 0.25) is 5.02 Å². The van der Waals surface area contributed by atoms with E-state index in [-0.39, 0.29) is 17.5 Å². The number of benzene rings is 3. The SMILES string of the molecule is O=C(c1ccccc1)[C@@H]1[C@H](C(=O)c2ccncc2)[C@@]2(C(=O)Nc3ccccc32)[C@H]2C=Cc3cc(Cl)ccc3N12. The maximum absolute atomic E-state index is 14.6. The third-order valence-electron chi connectivity index (χ3n) is 8.17. The minimum Gasteiger partial charge on any atom is -0.352 e. The number of hydrogen-bond acceptors (Lipinski definition) is 5. The highest BCUT2D eigenvalue weighted by Gasteiger charge is 2.70. The molecule has 39 heavy (non-hydrogen) atoms. The van der Waals surface area contributed by atoms with Gasteiger partial charge in [0.2, 0.25) is 5.91 Å². The summed E-state index contributed by atoms with van der Waals surface area (Å²) < 4.78 is 0. The number of halogens is 1. The molecule has 4 aromatic rings. The Hall–Kier alpha value is -4.55. The highest BCUT2D eigenvalue weighted by molar-refractivity contribution is 6.31. The first-order valence-electron chi connectivity index (χ1n) is 12.7. The zero-order chi connectivity index (χ0) is 26.7. The van der Waals surface area contributed by atoms with Gasteiger partial charge in [-0.2, -0.15) is 0 Å². The van der Waals surface area contributed by atoms with Crippen molar-refractivity contribution in [3.8, 4) is 0 Å². The first-order chi connectivity index (χ1) is 19.0. The van der Waals surface area contributed by atoms with Crippen LogP contribution in [0.1, 0.15) is 31.8 Å². The molecule has 4 atom stereocenters. The zero-order valence-corrected chi connectivity index (χ0v) is 21.4. The summed E-state index contributed by atoms with van der Waals surface area (Å²) in [5.41, 5.74) is 2.46. The fourth-order valence-electron chi connectivity index (χ4n) is 6.62. The second-order valence-corrected chi connectivity index (χ2v) is 10.5. The maximum Gasteiger partial charge on any atom is 0.238 e. The van der Waals surface area contributed by atoms with Crippen molar-refractivity contribution >= 4 is 46.5 Å². The van der Waals surface area contributed by atoms with Gasteiger partial charge in [0.15, 0.2) is 11.6 Å². The van der Waals surface area contributed by atoms with Gasteiger partial charge in [-0.25, -0.2) is 0 Å². The molecule has 3 aliphatic heterocycles. The lowest BCUT2D eigenvalue weighted by molar-refractivity contribution is -0.121. The van der Waals surface area contributed by atoms with Gasteiger partial charge in [0.05, 0.1) is 12.0 Å². The largest absolute Gasteiger partial charge is 0.352 e. The number of anilines is 2. The van der Waals surface area contributed by atoms with Gasteiger partial charge >= 0.3 is 0 Å². The van der Waals surface area contributed by atoms with Crippen molar-refractivity contribution in [3.05, 3.63) is 131 Å². The Labute approximate surface area is 229 Å². The van der Waals surface area contributed by atoms with Crippen LogP contribution in [0, 0.1) is 5.92 Å². The summed E-state index contributed by atoms with van der Waals surface area (Å²) in [4.78, 5) is 49.4. The normalized spacial score (nSPS) is 24.2. The first kappa shape index (κ1) is 23.6. The van der Waals surface area contributed by atoms with Gasteiger partial charge in [0, 0.05) is 39.9 Å². The molecule has 0 aliphatic carbocycles. The Morgan fingerprint density at radius 2 is 1.59 bits per heavy atom. The van der Waals surface area contributed by atoms with Crippen LogP contribution in [0.3, 0.4) is 0 Å². The minimum absolute atomic E-state index is 0.224. The van der Waals surface area contributed by atoms with Gasteiger partial charge in [-0.3, -0.25) is 19.4 Å². The van der Waals surface area contributed by atoms with Gasteiger partial charge in [-0.1, -0.05) is 72.3 Å². The first-order valence-corrected chi connectivity index (χ1v) is 13.1. The van der Waals surface area contributed by atoms with E-state index in [4.69, 9.17) is 11.6 Å². The van der Waals surface area contributed by atoms with E-state index >= 15 is 0 Å². The summed E-state index contributed by atoms with van der Waals surface area (Å²) in [5, 5.41) is 3.60. The number of para-hydroxylation sites is 1. The van der Waals surface area contributed by atoms with E-state index in [1.54, 1.807) is 54.9 Å². The third kappa shape index (κ3) is 3.28. The highest BCUT2D eigenvalue weighted by atomic mass is 35.5. The van der Waals surface area contributed by atoms with Crippen LogP contribution in [0.4, 0.5) is 11.4 Å². The number of pyridine rings is 1. The molecule has 0 radical (unpaired) electrons. The number of hydrogen-bond donors (Lipinski definition) is 1. The zero-order valence-electron chi connectivity index (χ0n) is 20.6. The molecule has 1 amide bonds. The molecular formula is C32H22ClN3O3. The van der Waals surface area contributed by atoms with Crippen LogP contribution in [0.25, 0.3) is 6.08 Å². The standard InChI is InChI=1S/C32H22ClN3O3/c33-22-11-12-25-21(18-22)10-13-26-32(23-8-4-5-9-24(23)35-31(32)39)27(29(37)20-14-16-34-17-15-20)28(36(25)26)30(38)19-6-2-1-3-7-19/h1-18,26-28H,(H,35,39)/t26-,27-,28+,32+/m1/s1. The molecular weight excluding hydrogens is 510 g/mol. The van der Waals surface area contributed by atoms with E-state index < -0.39 is 23.4 Å². The van der Waals surface area contributed by atoms with Crippen molar-refractivity contribution in [2.24, 2.45) is 5.92 Å². The molecule has 1 fully saturated rings. The Morgan fingerprint density at radius 1 is 0.872 bits per heavy atom. The third-order valence-corrected chi connectivity index (χ3v) is 8.40. The summed E-state index contributed by atoms with van der Waals surface area (Å²) >= 11 is 6.34. The molecule has 1 aromatic heterocycles. The number of carbonyl (C=O) groups excluding carboxylic acids is 3. The van der Waals surface area contributed by atoms with Crippen molar-refractivity contribution in [2.75, 3.05) is 10.2 Å². The Bertz CT molecular complexity index is 1690. The summed E-state index contributed by atoms with van der Waals surface area (Å²) in [5.74, 6) is -1.82. The summed E-state index contributed by atoms with van der Waals surface area (Å²) in [7, 11) is 0. The molecule has 0 saturated carbocycles. The average Bonchev–Trinajstić information content (AvgIpc) is 3.45. The number of nitrogens with one attached hydrogen (secondary N) is 1. The van der Waals surface area contributed by atoms with E-state index in [0.717, 1.165) is 11.3 Å².